The smallest absolute Gasteiger partial charge is 0.422 e. The van der Waals surface area contributed by atoms with Crippen LogP contribution in [-0.2, 0) is 12.7 Å². The molecule has 1 fully saturated rings. The standard InChI is InChI=1S/C30H26F6N6O2/c31-29(32,33)18-44-28-40-26(39-27(41-28)38-24-8-4-7-23(16-24)30(34,35)36)37-17-19-5-3-6-22(15-19)20-9-11-21(12-10-20)25(43)42-13-1-2-14-42/h3-12,15-16H,1-2,13-14,17-18H2,(H2,37,38,39,40,41). The minimum atomic E-state index is -4.67. The molecular formula is C30H26F6N6O2. The van der Waals surface area contributed by atoms with Gasteiger partial charge in [-0.1, -0.05) is 36.4 Å². The van der Waals surface area contributed by atoms with Crippen molar-refractivity contribution in [1.29, 1.82) is 0 Å². The number of carbonyl (C=O) groups excluding carboxylic acids is 1. The third kappa shape index (κ3) is 8.14. The highest BCUT2D eigenvalue weighted by molar-refractivity contribution is 5.94. The molecule has 2 N–H and O–H groups in total. The first-order valence-electron chi connectivity index (χ1n) is 13.6. The topological polar surface area (TPSA) is 92.3 Å². The Labute approximate surface area is 248 Å². The first kappa shape index (κ1) is 30.6. The van der Waals surface area contributed by atoms with Crippen molar-refractivity contribution in [3.05, 3.63) is 89.5 Å². The van der Waals surface area contributed by atoms with E-state index in [-0.39, 0.29) is 30.0 Å². The lowest BCUT2D eigenvalue weighted by molar-refractivity contribution is -0.154. The number of rotatable bonds is 9. The number of amides is 1. The van der Waals surface area contributed by atoms with Crippen LogP contribution in [0.1, 0.15) is 34.3 Å². The van der Waals surface area contributed by atoms with E-state index in [0.717, 1.165) is 54.8 Å². The number of anilines is 3. The minimum absolute atomic E-state index is 0.00449. The predicted molar refractivity (Wildman–Crippen MR) is 150 cm³/mol. The summed E-state index contributed by atoms with van der Waals surface area (Å²) >= 11 is 0. The van der Waals surface area contributed by atoms with E-state index in [4.69, 9.17) is 0 Å². The van der Waals surface area contributed by atoms with Crippen LogP contribution >= 0.6 is 0 Å². The molecule has 0 bridgehead atoms. The van der Waals surface area contributed by atoms with E-state index in [1.165, 1.54) is 12.1 Å². The van der Waals surface area contributed by atoms with Crippen LogP contribution < -0.4 is 15.4 Å². The van der Waals surface area contributed by atoms with Crippen LogP contribution in [0.15, 0.2) is 72.8 Å². The van der Waals surface area contributed by atoms with Crippen LogP contribution in [0.5, 0.6) is 6.01 Å². The second kappa shape index (κ2) is 12.8. The third-order valence-corrected chi connectivity index (χ3v) is 6.66. The minimum Gasteiger partial charge on any atom is -0.454 e. The Morgan fingerprint density at radius 3 is 2.23 bits per heavy atom. The molecule has 1 aromatic heterocycles. The summed E-state index contributed by atoms with van der Waals surface area (Å²) in [7, 11) is 0. The molecule has 0 radical (unpaired) electrons. The van der Waals surface area contributed by atoms with Gasteiger partial charge < -0.3 is 20.3 Å². The number of hydrogen-bond acceptors (Lipinski definition) is 7. The number of likely N-dealkylation sites (tertiary alicyclic amines) is 1. The van der Waals surface area contributed by atoms with Crippen LogP contribution in [0.4, 0.5) is 43.9 Å². The molecule has 1 aliphatic rings. The molecule has 5 rings (SSSR count). The summed E-state index contributed by atoms with van der Waals surface area (Å²) in [5.41, 5.74) is 2.14. The average molecular weight is 617 g/mol. The third-order valence-electron chi connectivity index (χ3n) is 6.66. The van der Waals surface area contributed by atoms with Gasteiger partial charge in [0, 0.05) is 30.9 Å². The maximum Gasteiger partial charge on any atom is 0.422 e. The molecule has 0 spiro atoms. The lowest BCUT2D eigenvalue weighted by atomic mass is 10.0. The Hall–Kier alpha value is -4.88. The number of alkyl halides is 6. The molecule has 1 saturated heterocycles. The van der Waals surface area contributed by atoms with E-state index < -0.39 is 30.5 Å². The highest BCUT2D eigenvalue weighted by Crippen LogP contribution is 2.31. The van der Waals surface area contributed by atoms with Crippen LogP contribution in [-0.4, -0.2) is 51.6 Å². The molecule has 2 heterocycles. The predicted octanol–water partition coefficient (Wildman–Crippen LogP) is 7.09. The summed E-state index contributed by atoms with van der Waals surface area (Å²) in [6.45, 7) is -0.0137. The van der Waals surface area contributed by atoms with Gasteiger partial charge in [-0.2, -0.15) is 41.3 Å². The molecule has 0 unspecified atom stereocenters. The Morgan fingerprint density at radius 2 is 1.52 bits per heavy atom. The van der Waals surface area contributed by atoms with Crippen molar-refractivity contribution in [2.75, 3.05) is 30.3 Å². The number of carbonyl (C=O) groups is 1. The Bertz CT molecular complexity index is 1610. The number of ether oxygens (including phenoxy) is 1. The second-order valence-electron chi connectivity index (χ2n) is 10.0. The van der Waals surface area contributed by atoms with Crippen molar-refractivity contribution < 1.29 is 35.9 Å². The molecule has 0 saturated carbocycles. The molecule has 4 aromatic rings. The van der Waals surface area contributed by atoms with Crippen LogP contribution in [0.2, 0.25) is 0 Å². The van der Waals surface area contributed by atoms with E-state index >= 15 is 0 Å². The number of halogens is 6. The van der Waals surface area contributed by atoms with E-state index in [2.05, 4.69) is 30.3 Å². The van der Waals surface area contributed by atoms with Gasteiger partial charge in [0.05, 0.1) is 5.56 Å². The van der Waals surface area contributed by atoms with Gasteiger partial charge in [0.1, 0.15) is 0 Å². The number of nitrogens with zero attached hydrogens (tertiary/aromatic N) is 4. The Kier molecular flexibility index (Phi) is 8.88. The summed E-state index contributed by atoms with van der Waals surface area (Å²) in [5.74, 6) is -0.483. The van der Waals surface area contributed by atoms with E-state index in [1.54, 1.807) is 12.1 Å². The summed E-state index contributed by atoms with van der Waals surface area (Å²) in [6, 6.07) is 18.2. The molecule has 14 heteroatoms. The van der Waals surface area contributed by atoms with Gasteiger partial charge in [-0.15, -0.1) is 0 Å². The zero-order valence-electron chi connectivity index (χ0n) is 23.0. The van der Waals surface area contributed by atoms with E-state index in [0.29, 0.717) is 5.56 Å². The number of benzene rings is 3. The molecular weight excluding hydrogens is 590 g/mol. The fourth-order valence-corrected chi connectivity index (χ4v) is 4.55. The van der Waals surface area contributed by atoms with E-state index in [9.17, 15) is 31.1 Å². The molecule has 8 nitrogen and oxygen atoms in total. The van der Waals surface area contributed by atoms with Crippen LogP contribution in [0.25, 0.3) is 11.1 Å². The molecule has 3 aromatic carbocycles. The van der Waals surface area contributed by atoms with Crippen LogP contribution in [0, 0.1) is 0 Å². The molecule has 1 aliphatic heterocycles. The average Bonchev–Trinajstić information content (AvgIpc) is 3.54. The zero-order valence-corrected chi connectivity index (χ0v) is 23.0. The highest BCUT2D eigenvalue weighted by Gasteiger charge is 2.31. The summed E-state index contributed by atoms with van der Waals surface area (Å²) in [4.78, 5) is 26.2. The Morgan fingerprint density at radius 1 is 0.818 bits per heavy atom. The maximum absolute atomic E-state index is 13.1. The molecule has 44 heavy (non-hydrogen) atoms. The van der Waals surface area contributed by atoms with Crippen molar-refractivity contribution in [1.82, 2.24) is 19.9 Å². The van der Waals surface area contributed by atoms with Crippen molar-refractivity contribution in [3.63, 3.8) is 0 Å². The quantitative estimate of drug-likeness (QED) is 0.194. The van der Waals surface area contributed by atoms with Gasteiger partial charge in [-0.25, -0.2) is 0 Å². The SMILES string of the molecule is O=C(c1ccc(-c2cccc(CNc3nc(Nc4cccc(C(F)(F)F)c4)nc(OCC(F)(F)F)n3)c2)cc1)N1CCCC1. The maximum atomic E-state index is 13.1. The summed E-state index contributed by atoms with van der Waals surface area (Å²) in [5, 5.41) is 5.46. The van der Waals surface area contributed by atoms with Crippen molar-refractivity contribution in [2.45, 2.75) is 31.7 Å². The fourth-order valence-electron chi connectivity index (χ4n) is 4.55. The first-order valence-corrected chi connectivity index (χ1v) is 13.6. The summed E-state index contributed by atoms with van der Waals surface area (Å²) in [6.07, 6.45) is -7.27. The number of nitrogens with one attached hydrogen (secondary N) is 2. The van der Waals surface area contributed by atoms with Crippen LogP contribution in [0.3, 0.4) is 0 Å². The summed E-state index contributed by atoms with van der Waals surface area (Å²) < 4.78 is 82.4. The lowest BCUT2D eigenvalue weighted by Crippen LogP contribution is -2.27. The van der Waals surface area contributed by atoms with Crippen molar-refractivity contribution in [2.24, 2.45) is 0 Å². The van der Waals surface area contributed by atoms with Gasteiger partial charge in [-0.3, -0.25) is 4.79 Å². The van der Waals surface area contributed by atoms with Crippen molar-refractivity contribution in [3.8, 4) is 17.1 Å². The van der Waals surface area contributed by atoms with Gasteiger partial charge >= 0.3 is 18.4 Å². The monoisotopic (exact) mass is 616 g/mol. The largest absolute Gasteiger partial charge is 0.454 e. The second-order valence-corrected chi connectivity index (χ2v) is 10.0. The number of hydrogen-bond donors (Lipinski definition) is 2. The van der Waals surface area contributed by atoms with E-state index in [1.807, 2.05) is 41.3 Å². The van der Waals surface area contributed by atoms with Gasteiger partial charge in [0.15, 0.2) is 6.61 Å². The Balaban J connectivity index is 1.31. The molecule has 230 valence electrons. The van der Waals surface area contributed by atoms with Gasteiger partial charge in [0.25, 0.3) is 5.91 Å². The fraction of sp³-hybridized carbons (Fsp3) is 0.267. The molecule has 0 aliphatic carbocycles. The normalized spacial score (nSPS) is 13.5. The van der Waals surface area contributed by atoms with Crippen molar-refractivity contribution >= 4 is 23.5 Å². The van der Waals surface area contributed by atoms with Gasteiger partial charge in [-0.05, 0) is 65.9 Å². The highest BCUT2D eigenvalue weighted by atomic mass is 19.4. The zero-order chi connectivity index (χ0) is 31.3. The first-order chi connectivity index (χ1) is 20.9. The lowest BCUT2D eigenvalue weighted by Gasteiger charge is -2.15. The molecule has 0 atom stereocenters. The molecule has 1 amide bonds. The van der Waals surface area contributed by atoms with Gasteiger partial charge in [0.2, 0.25) is 11.9 Å². The number of aromatic nitrogens is 3.